The van der Waals surface area contributed by atoms with Gasteiger partial charge in [-0.2, -0.15) is 0 Å². The lowest BCUT2D eigenvalue weighted by molar-refractivity contribution is 0.415. The molecule has 0 aliphatic carbocycles. The van der Waals surface area contributed by atoms with Crippen molar-refractivity contribution in [2.45, 2.75) is 12.5 Å². The Hall–Kier alpha value is -1.22. The van der Waals surface area contributed by atoms with E-state index in [-0.39, 0.29) is 0 Å². The number of hydrogen-bond acceptors (Lipinski definition) is 3. The predicted octanol–water partition coefficient (Wildman–Crippen LogP) is 1.47. The van der Waals surface area contributed by atoms with Gasteiger partial charge in [0.1, 0.15) is 5.75 Å². The SMILES string of the molecule is COc1cccc(N[C@H]2CCNC2)c1. The van der Waals surface area contributed by atoms with E-state index >= 15 is 0 Å². The number of ether oxygens (including phenoxy) is 1. The minimum absolute atomic E-state index is 0.558. The van der Waals surface area contributed by atoms with Gasteiger partial charge in [0, 0.05) is 24.3 Å². The number of nitrogens with one attached hydrogen (secondary N) is 2. The van der Waals surface area contributed by atoms with Crippen LogP contribution in [0.2, 0.25) is 0 Å². The summed E-state index contributed by atoms with van der Waals surface area (Å²) in [5.74, 6) is 0.904. The summed E-state index contributed by atoms with van der Waals surface area (Å²) in [5.41, 5.74) is 1.14. The molecule has 0 amide bonds. The van der Waals surface area contributed by atoms with Crippen molar-refractivity contribution >= 4 is 5.69 Å². The average molecular weight is 192 g/mol. The molecule has 1 atom stereocenters. The Kier molecular flexibility index (Phi) is 2.89. The Morgan fingerprint density at radius 3 is 3.14 bits per heavy atom. The van der Waals surface area contributed by atoms with Gasteiger partial charge in [-0.15, -0.1) is 0 Å². The molecule has 1 saturated heterocycles. The zero-order chi connectivity index (χ0) is 9.80. The van der Waals surface area contributed by atoms with Crippen LogP contribution in [0.4, 0.5) is 5.69 Å². The molecule has 3 nitrogen and oxygen atoms in total. The van der Waals surface area contributed by atoms with E-state index in [4.69, 9.17) is 4.74 Å². The Labute approximate surface area is 84.5 Å². The van der Waals surface area contributed by atoms with Crippen molar-refractivity contribution in [3.8, 4) is 5.75 Å². The lowest BCUT2D eigenvalue weighted by Crippen LogP contribution is -2.21. The summed E-state index contributed by atoms with van der Waals surface area (Å²) in [4.78, 5) is 0. The third kappa shape index (κ3) is 2.17. The molecule has 1 heterocycles. The fourth-order valence-electron chi connectivity index (χ4n) is 1.73. The first kappa shape index (κ1) is 9.34. The summed E-state index contributed by atoms with van der Waals surface area (Å²) in [7, 11) is 1.69. The molecule has 0 saturated carbocycles. The van der Waals surface area contributed by atoms with Gasteiger partial charge in [-0.1, -0.05) is 6.07 Å². The second kappa shape index (κ2) is 4.33. The summed E-state index contributed by atoms with van der Waals surface area (Å²) < 4.78 is 5.16. The van der Waals surface area contributed by atoms with E-state index in [1.165, 1.54) is 6.42 Å². The first-order chi connectivity index (χ1) is 6.88. The monoisotopic (exact) mass is 192 g/mol. The van der Waals surface area contributed by atoms with E-state index in [0.717, 1.165) is 24.5 Å². The van der Waals surface area contributed by atoms with E-state index in [2.05, 4.69) is 16.7 Å². The first-order valence-electron chi connectivity index (χ1n) is 5.00. The van der Waals surface area contributed by atoms with Gasteiger partial charge >= 0.3 is 0 Å². The van der Waals surface area contributed by atoms with Crippen LogP contribution in [-0.4, -0.2) is 26.2 Å². The molecule has 0 aromatic heterocycles. The second-order valence-corrected chi connectivity index (χ2v) is 3.57. The molecule has 0 unspecified atom stereocenters. The Morgan fingerprint density at radius 2 is 2.43 bits per heavy atom. The smallest absolute Gasteiger partial charge is 0.120 e. The van der Waals surface area contributed by atoms with Crippen molar-refractivity contribution in [3.05, 3.63) is 24.3 Å². The molecular formula is C11H16N2O. The highest BCUT2D eigenvalue weighted by Gasteiger charge is 2.13. The van der Waals surface area contributed by atoms with Crippen molar-refractivity contribution in [1.82, 2.24) is 5.32 Å². The van der Waals surface area contributed by atoms with Crippen LogP contribution in [0.15, 0.2) is 24.3 Å². The molecule has 1 aliphatic rings. The maximum atomic E-state index is 5.16. The van der Waals surface area contributed by atoms with Gasteiger partial charge in [-0.05, 0) is 25.1 Å². The van der Waals surface area contributed by atoms with Gasteiger partial charge < -0.3 is 15.4 Å². The summed E-state index contributed by atoms with van der Waals surface area (Å²) in [6.07, 6.45) is 1.19. The number of anilines is 1. The molecule has 1 aromatic carbocycles. The summed E-state index contributed by atoms with van der Waals surface area (Å²) >= 11 is 0. The lowest BCUT2D eigenvalue weighted by Gasteiger charge is -2.13. The third-order valence-electron chi connectivity index (χ3n) is 2.50. The topological polar surface area (TPSA) is 33.3 Å². The maximum Gasteiger partial charge on any atom is 0.120 e. The highest BCUT2D eigenvalue weighted by atomic mass is 16.5. The van der Waals surface area contributed by atoms with Crippen LogP contribution in [0, 0.1) is 0 Å². The highest BCUT2D eigenvalue weighted by molar-refractivity contribution is 5.49. The molecule has 1 fully saturated rings. The molecule has 0 spiro atoms. The van der Waals surface area contributed by atoms with Crippen molar-refractivity contribution in [2.24, 2.45) is 0 Å². The highest BCUT2D eigenvalue weighted by Crippen LogP contribution is 2.18. The lowest BCUT2D eigenvalue weighted by atomic mass is 10.2. The average Bonchev–Trinajstić information content (AvgIpc) is 2.71. The second-order valence-electron chi connectivity index (χ2n) is 3.57. The quantitative estimate of drug-likeness (QED) is 0.761. The molecule has 76 valence electrons. The predicted molar refractivity (Wildman–Crippen MR) is 57.9 cm³/mol. The molecule has 1 aromatic rings. The van der Waals surface area contributed by atoms with Crippen molar-refractivity contribution in [3.63, 3.8) is 0 Å². The minimum atomic E-state index is 0.558. The zero-order valence-electron chi connectivity index (χ0n) is 8.42. The zero-order valence-corrected chi connectivity index (χ0v) is 8.42. The van der Waals surface area contributed by atoms with Crippen molar-refractivity contribution in [2.75, 3.05) is 25.5 Å². The number of methoxy groups -OCH3 is 1. The summed E-state index contributed by atoms with van der Waals surface area (Å²) in [6, 6.07) is 8.61. The fourth-order valence-corrected chi connectivity index (χ4v) is 1.73. The Morgan fingerprint density at radius 1 is 1.50 bits per heavy atom. The van der Waals surface area contributed by atoms with Crippen LogP contribution in [0.3, 0.4) is 0 Å². The molecular weight excluding hydrogens is 176 g/mol. The van der Waals surface area contributed by atoms with Gasteiger partial charge in [0.15, 0.2) is 0 Å². The molecule has 3 heteroatoms. The van der Waals surface area contributed by atoms with Crippen LogP contribution >= 0.6 is 0 Å². The summed E-state index contributed by atoms with van der Waals surface area (Å²) in [5, 5.41) is 6.80. The van der Waals surface area contributed by atoms with E-state index in [0.29, 0.717) is 6.04 Å². The van der Waals surface area contributed by atoms with Gasteiger partial charge in [0.25, 0.3) is 0 Å². The van der Waals surface area contributed by atoms with Crippen LogP contribution in [0.1, 0.15) is 6.42 Å². The molecule has 0 radical (unpaired) electrons. The molecule has 1 aliphatic heterocycles. The fraction of sp³-hybridized carbons (Fsp3) is 0.455. The first-order valence-corrected chi connectivity index (χ1v) is 5.00. The Bertz CT molecular complexity index is 295. The van der Waals surface area contributed by atoms with Crippen molar-refractivity contribution < 1.29 is 4.74 Å². The maximum absolute atomic E-state index is 5.16. The van der Waals surface area contributed by atoms with Crippen LogP contribution in [0.25, 0.3) is 0 Å². The van der Waals surface area contributed by atoms with Gasteiger partial charge in [0.05, 0.1) is 7.11 Å². The third-order valence-corrected chi connectivity index (χ3v) is 2.50. The molecule has 2 rings (SSSR count). The van der Waals surface area contributed by atoms with E-state index < -0.39 is 0 Å². The van der Waals surface area contributed by atoms with E-state index in [1.807, 2.05) is 18.2 Å². The largest absolute Gasteiger partial charge is 0.497 e. The van der Waals surface area contributed by atoms with Gasteiger partial charge in [-0.25, -0.2) is 0 Å². The van der Waals surface area contributed by atoms with Gasteiger partial charge in [0.2, 0.25) is 0 Å². The van der Waals surface area contributed by atoms with Gasteiger partial charge in [-0.3, -0.25) is 0 Å². The van der Waals surface area contributed by atoms with Crippen LogP contribution in [0.5, 0.6) is 5.75 Å². The minimum Gasteiger partial charge on any atom is -0.497 e. The van der Waals surface area contributed by atoms with Crippen molar-refractivity contribution in [1.29, 1.82) is 0 Å². The van der Waals surface area contributed by atoms with Crippen LogP contribution in [-0.2, 0) is 0 Å². The van der Waals surface area contributed by atoms with E-state index in [9.17, 15) is 0 Å². The molecule has 2 N–H and O–H groups in total. The van der Waals surface area contributed by atoms with E-state index in [1.54, 1.807) is 7.11 Å². The Balaban J connectivity index is 2.00. The van der Waals surface area contributed by atoms with Crippen LogP contribution < -0.4 is 15.4 Å². The standard InChI is InChI=1S/C11H16N2O/c1-14-11-4-2-3-9(7-11)13-10-5-6-12-8-10/h2-4,7,10,12-13H,5-6,8H2,1H3/t10-/m0/s1. The normalized spacial score (nSPS) is 20.8. The molecule has 0 bridgehead atoms. The number of benzene rings is 1. The number of hydrogen-bond donors (Lipinski definition) is 2. The summed E-state index contributed by atoms with van der Waals surface area (Å²) in [6.45, 7) is 2.17. The number of rotatable bonds is 3. The molecule has 14 heavy (non-hydrogen) atoms.